The van der Waals surface area contributed by atoms with E-state index < -0.39 is 11.6 Å². The van der Waals surface area contributed by atoms with Crippen molar-refractivity contribution in [3.63, 3.8) is 0 Å². The molecule has 2 heterocycles. The molecule has 10 nitrogen and oxygen atoms in total. The normalized spacial score (nSPS) is 10.5. The lowest BCUT2D eigenvalue weighted by atomic mass is 10.2. The van der Waals surface area contributed by atoms with E-state index in [4.69, 9.17) is 13.9 Å². The van der Waals surface area contributed by atoms with Gasteiger partial charge in [-0.2, -0.15) is 15.0 Å². The largest absolute Gasteiger partial charge is 0.465 e. The summed E-state index contributed by atoms with van der Waals surface area (Å²) in [6.45, 7) is 1.84. The van der Waals surface area contributed by atoms with Crippen LogP contribution < -0.4 is 21.0 Å². The van der Waals surface area contributed by atoms with Gasteiger partial charge in [0.25, 0.3) is 0 Å². The van der Waals surface area contributed by atoms with Gasteiger partial charge in [-0.25, -0.2) is 4.79 Å². The van der Waals surface area contributed by atoms with Crippen LogP contribution in [0.15, 0.2) is 69.9 Å². The molecule has 0 atom stereocenters. The summed E-state index contributed by atoms with van der Waals surface area (Å²) in [5.74, 6) is 0.0400. The number of carbonyl (C=O) groups is 1. The fourth-order valence-corrected chi connectivity index (χ4v) is 2.82. The Labute approximate surface area is 182 Å². The predicted octanol–water partition coefficient (Wildman–Crippen LogP) is 3.49. The van der Waals surface area contributed by atoms with Gasteiger partial charge < -0.3 is 24.5 Å². The van der Waals surface area contributed by atoms with E-state index in [1.807, 2.05) is 30.3 Å². The number of para-hydroxylation sites is 2. The predicted molar refractivity (Wildman–Crippen MR) is 117 cm³/mol. The quantitative estimate of drug-likeness (QED) is 0.315. The number of hydrogen-bond donors (Lipinski definition) is 2. The minimum atomic E-state index is -0.573. The van der Waals surface area contributed by atoms with Crippen molar-refractivity contribution in [3.8, 4) is 11.8 Å². The van der Waals surface area contributed by atoms with Crippen LogP contribution in [0.1, 0.15) is 6.92 Å². The van der Waals surface area contributed by atoms with Crippen molar-refractivity contribution in [3.05, 3.63) is 71.1 Å². The maximum atomic E-state index is 11.9. The van der Waals surface area contributed by atoms with Crippen molar-refractivity contribution in [2.45, 2.75) is 6.92 Å². The van der Waals surface area contributed by atoms with E-state index in [1.54, 1.807) is 31.2 Å². The molecule has 162 valence electrons. The van der Waals surface area contributed by atoms with E-state index in [0.29, 0.717) is 11.0 Å². The molecule has 32 heavy (non-hydrogen) atoms. The van der Waals surface area contributed by atoms with Gasteiger partial charge in [0.05, 0.1) is 18.1 Å². The number of benzene rings is 2. The minimum absolute atomic E-state index is 0.0828. The summed E-state index contributed by atoms with van der Waals surface area (Å²) in [6, 6.07) is 17.3. The number of aromatic nitrogens is 3. The van der Waals surface area contributed by atoms with Gasteiger partial charge in [-0.3, -0.25) is 4.79 Å². The van der Waals surface area contributed by atoms with Crippen molar-refractivity contribution in [2.75, 3.05) is 23.8 Å². The van der Waals surface area contributed by atoms with Gasteiger partial charge >= 0.3 is 17.6 Å². The fraction of sp³-hybridized carbons (Fsp3) is 0.136. The van der Waals surface area contributed by atoms with Crippen molar-refractivity contribution < 1.29 is 18.7 Å². The molecule has 2 N–H and O–H groups in total. The molecule has 0 unspecified atom stereocenters. The van der Waals surface area contributed by atoms with Crippen LogP contribution in [0.2, 0.25) is 0 Å². The second-order valence-electron chi connectivity index (χ2n) is 6.44. The first-order chi connectivity index (χ1) is 15.6. The lowest BCUT2D eigenvalue weighted by Crippen LogP contribution is -2.18. The van der Waals surface area contributed by atoms with Crippen molar-refractivity contribution in [1.82, 2.24) is 15.0 Å². The van der Waals surface area contributed by atoms with Crippen LogP contribution in [0.3, 0.4) is 0 Å². The Balaban J connectivity index is 1.67. The van der Waals surface area contributed by atoms with Gasteiger partial charge in [0.15, 0.2) is 0 Å². The summed E-state index contributed by atoms with van der Waals surface area (Å²) in [5, 5.41) is 6.42. The number of hydrogen-bond acceptors (Lipinski definition) is 10. The smallest absolute Gasteiger partial charge is 0.339 e. The molecule has 0 radical (unpaired) electrons. The lowest BCUT2D eigenvalue weighted by Gasteiger charge is -2.11. The Morgan fingerprint density at radius 3 is 2.56 bits per heavy atom. The zero-order chi connectivity index (χ0) is 22.3. The molecule has 0 aliphatic heterocycles. The van der Waals surface area contributed by atoms with Gasteiger partial charge in [-0.15, -0.1) is 0 Å². The summed E-state index contributed by atoms with van der Waals surface area (Å²) >= 11 is 0. The standard InChI is InChI=1S/C22H19N5O5/c1-2-30-19(29)13-23-20-25-21(24-14-8-4-3-5-9-14)27-22(26-20)32-17-12-18(28)31-16-11-7-6-10-15(16)17/h3-12H,2,13H2,1H3,(H2,23,24,25,26,27). The van der Waals surface area contributed by atoms with Crippen LogP contribution in [0, 0.1) is 0 Å². The molecule has 4 rings (SSSR count). The lowest BCUT2D eigenvalue weighted by molar-refractivity contribution is -0.140. The number of nitrogens with one attached hydrogen (secondary N) is 2. The van der Waals surface area contributed by atoms with E-state index in [1.165, 1.54) is 6.07 Å². The van der Waals surface area contributed by atoms with Gasteiger partial charge in [0, 0.05) is 5.69 Å². The zero-order valence-electron chi connectivity index (χ0n) is 17.1. The van der Waals surface area contributed by atoms with Crippen LogP contribution in [-0.2, 0) is 9.53 Å². The van der Waals surface area contributed by atoms with Gasteiger partial charge in [-0.05, 0) is 31.2 Å². The topological polar surface area (TPSA) is 128 Å². The molecule has 0 amide bonds. The molecule has 0 aliphatic carbocycles. The Bertz CT molecular complexity index is 1290. The highest BCUT2D eigenvalue weighted by Crippen LogP contribution is 2.27. The molecule has 2 aromatic heterocycles. The number of nitrogens with zero attached hydrogens (tertiary/aromatic N) is 3. The second kappa shape index (κ2) is 9.56. The van der Waals surface area contributed by atoms with Crippen molar-refractivity contribution in [2.24, 2.45) is 0 Å². The molecule has 0 saturated heterocycles. The molecule has 4 aromatic rings. The van der Waals surface area contributed by atoms with E-state index in [9.17, 15) is 9.59 Å². The zero-order valence-corrected chi connectivity index (χ0v) is 17.1. The third kappa shape index (κ3) is 5.17. The van der Waals surface area contributed by atoms with E-state index >= 15 is 0 Å². The molecular formula is C22H19N5O5. The van der Waals surface area contributed by atoms with Gasteiger partial charge in [-0.1, -0.05) is 30.3 Å². The average Bonchev–Trinajstić information content (AvgIpc) is 2.78. The second-order valence-corrected chi connectivity index (χ2v) is 6.44. The van der Waals surface area contributed by atoms with Crippen LogP contribution in [0.4, 0.5) is 17.6 Å². The van der Waals surface area contributed by atoms with Gasteiger partial charge in [0.2, 0.25) is 11.9 Å². The molecule has 0 spiro atoms. The molecule has 0 saturated carbocycles. The highest BCUT2D eigenvalue weighted by molar-refractivity contribution is 5.83. The highest BCUT2D eigenvalue weighted by atomic mass is 16.5. The summed E-state index contributed by atoms with van der Waals surface area (Å²) < 4.78 is 15.9. The molecular weight excluding hydrogens is 414 g/mol. The number of fused-ring (bicyclic) bond motifs is 1. The molecule has 0 bridgehead atoms. The molecule has 10 heteroatoms. The molecule has 0 fully saturated rings. The van der Waals surface area contributed by atoms with Crippen LogP contribution >= 0.6 is 0 Å². The van der Waals surface area contributed by atoms with Crippen LogP contribution in [0.5, 0.6) is 11.8 Å². The number of carbonyl (C=O) groups excluding carboxylic acids is 1. The fourth-order valence-electron chi connectivity index (χ4n) is 2.82. The van der Waals surface area contributed by atoms with Crippen molar-refractivity contribution in [1.29, 1.82) is 0 Å². The third-order valence-electron chi connectivity index (χ3n) is 4.15. The highest BCUT2D eigenvalue weighted by Gasteiger charge is 2.13. The van der Waals surface area contributed by atoms with Crippen LogP contribution in [0.25, 0.3) is 11.0 Å². The molecule has 2 aromatic carbocycles. The maximum absolute atomic E-state index is 11.9. The van der Waals surface area contributed by atoms with Crippen molar-refractivity contribution >= 4 is 34.5 Å². The maximum Gasteiger partial charge on any atom is 0.339 e. The Morgan fingerprint density at radius 2 is 1.75 bits per heavy atom. The van der Waals surface area contributed by atoms with E-state index in [-0.39, 0.29) is 36.8 Å². The van der Waals surface area contributed by atoms with Gasteiger partial charge in [0.1, 0.15) is 17.9 Å². The Morgan fingerprint density at radius 1 is 1.00 bits per heavy atom. The first-order valence-corrected chi connectivity index (χ1v) is 9.79. The third-order valence-corrected chi connectivity index (χ3v) is 4.15. The summed E-state index contributed by atoms with van der Waals surface area (Å²) in [4.78, 5) is 36.4. The number of rotatable bonds is 8. The molecule has 0 aliphatic rings. The Kier molecular flexibility index (Phi) is 6.21. The number of esters is 1. The minimum Gasteiger partial charge on any atom is -0.465 e. The SMILES string of the molecule is CCOC(=O)CNc1nc(Nc2ccccc2)nc(Oc2cc(=O)oc3ccccc23)n1. The first kappa shape index (κ1) is 20.8. The number of anilines is 3. The van der Waals surface area contributed by atoms with Crippen LogP contribution in [-0.4, -0.2) is 34.1 Å². The summed E-state index contributed by atoms with van der Waals surface area (Å²) in [6.07, 6.45) is 0. The monoisotopic (exact) mass is 433 g/mol. The Hall–Kier alpha value is -4.47. The van der Waals surface area contributed by atoms with E-state index in [0.717, 1.165) is 5.69 Å². The summed E-state index contributed by atoms with van der Waals surface area (Å²) in [7, 11) is 0. The summed E-state index contributed by atoms with van der Waals surface area (Å²) in [5.41, 5.74) is 0.537. The van der Waals surface area contributed by atoms with E-state index in [2.05, 4.69) is 25.6 Å². The number of ether oxygens (including phenoxy) is 2. The average molecular weight is 433 g/mol. The first-order valence-electron chi connectivity index (χ1n) is 9.79.